The van der Waals surface area contributed by atoms with Crippen molar-refractivity contribution in [1.82, 2.24) is 0 Å². The number of carbonyl (C=O) groups is 1. The molecule has 1 heterocycles. The van der Waals surface area contributed by atoms with E-state index in [2.05, 4.69) is 67.0 Å². The van der Waals surface area contributed by atoms with Gasteiger partial charge in [-0.2, -0.15) is 0 Å². The van der Waals surface area contributed by atoms with Gasteiger partial charge in [0.1, 0.15) is 5.78 Å². The predicted octanol–water partition coefficient (Wildman–Crippen LogP) is 5.11. The first kappa shape index (κ1) is 16.6. The number of benzene rings is 2. The van der Waals surface area contributed by atoms with E-state index in [1.165, 1.54) is 0 Å². The number of nitrogens with one attached hydrogen (secondary N) is 2. The lowest BCUT2D eigenvalue weighted by molar-refractivity contribution is -0.123. The molecule has 0 bridgehead atoms. The molecule has 2 aromatic rings. The third-order valence-corrected chi connectivity index (χ3v) is 5.04. The van der Waals surface area contributed by atoms with Crippen LogP contribution in [0.4, 0.5) is 11.4 Å². The number of para-hydroxylation sites is 2. The fourth-order valence-electron chi connectivity index (χ4n) is 3.88. The molecule has 3 nitrogen and oxygen atoms in total. The topological polar surface area (TPSA) is 41.1 Å². The molecule has 26 heavy (non-hydrogen) atoms. The molecule has 0 fully saturated rings. The second kappa shape index (κ2) is 6.49. The van der Waals surface area contributed by atoms with E-state index in [1.807, 2.05) is 30.3 Å². The molecule has 2 N–H and O–H groups in total. The largest absolute Gasteiger partial charge is 0.376 e. The third-order valence-electron chi connectivity index (χ3n) is 5.04. The summed E-state index contributed by atoms with van der Waals surface area (Å²) in [7, 11) is 0. The standard InChI is InChI=1S/C23H24N2O/c1-23(2)14-20-22(21(26)15-23)19(13-12-16-8-4-3-5-9-16)24-17-10-6-7-11-18(17)25-20/h3-14,19,22,24-25H,15H2,1-2H3. The molecule has 3 heteroatoms. The average molecular weight is 344 g/mol. The number of hydrogen-bond donors (Lipinski definition) is 2. The molecule has 0 spiro atoms. The number of ketones is 1. The molecular formula is C23H24N2O. The highest BCUT2D eigenvalue weighted by Gasteiger charge is 2.40. The van der Waals surface area contributed by atoms with Crippen LogP contribution in [0.3, 0.4) is 0 Å². The number of rotatable bonds is 2. The van der Waals surface area contributed by atoms with Gasteiger partial charge < -0.3 is 10.6 Å². The van der Waals surface area contributed by atoms with Crippen LogP contribution < -0.4 is 10.6 Å². The maximum atomic E-state index is 13.0. The van der Waals surface area contributed by atoms with Gasteiger partial charge in [-0.15, -0.1) is 0 Å². The molecule has 0 radical (unpaired) electrons. The van der Waals surface area contributed by atoms with Crippen molar-refractivity contribution >= 4 is 23.2 Å². The number of Topliss-reactive ketones (excluding diaryl/α,β-unsaturated/α-hetero) is 1. The predicted molar refractivity (Wildman–Crippen MR) is 108 cm³/mol. The average Bonchev–Trinajstić information content (AvgIpc) is 2.75. The van der Waals surface area contributed by atoms with Gasteiger partial charge in [0.25, 0.3) is 0 Å². The van der Waals surface area contributed by atoms with E-state index < -0.39 is 0 Å². The summed E-state index contributed by atoms with van der Waals surface area (Å²) in [4.78, 5) is 13.0. The van der Waals surface area contributed by atoms with Crippen LogP contribution in [0.1, 0.15) is 25.8 Å². The Morgan fingerprint density at radius 1 is 1.00 bits per heavy atom. The number of allylic oxidation sites excluding steroid dienone is 1. The SMILES string of the molecule is CC1(C)C=C2Nc3ccccc3NC(C=Cc3ccccc3)C2C(=O)C1. The Hall–Kier alpha value is -2.81. The molecule has 1 aliphatic heterocycles. The first-order valence-corrected chi connectivity index (χ1v) is 9.13. The quantitative estimate of drug-likeness (QED) is 0.796. The van der Waals surface area contributed by atoms with E-state index in [1.54, 1.807) is 0 Å². The van der Waals surface area contributed by atoms with E-state index in [-0.39, 0.29) is 23.2 Å². The molecule has 2 atom stereocenters. The van der Waals surface area contributed by atoms with E-state index in [9.17, 15) is 4.79 Å². The summed E-state index contributed by atoms with van der Waals surface area (Å²) < 4.78 is 0. The summed E-state index contributed by atoms with van der Waals surface area (Å²) >= 11 is 0. The zero-order valence-electron chi connectivity index (χ0n) is 15.2. The Balaban J connectivity index is 1.76. The maximum absolute atomic E-state index is 13.0. The zero-order chi connectivity index (χ0) is 18.1. The summed E-state index contributed by atoms with van der Waals surface area (Å²) in [5.74, 6) is 0.0819. The smallest absolute Gasteiger partial charge is 0.145 e. The van der Waals surface area contributed by atoms with Crippen molar-refractivity contribution in [2.24, 2.45) is 11.3 Å². The summed E-state index contributed by atoms with van der Waals surface area (Å²) in [5, 5.41) is 7.10. The van der Waals surface area contributed by atoms with E-state index in [0.29, 0.717) is 6.42 Å². The highest BCUT2D eigenvalue weighted by molar-refractivity contribution is 5.90. The molecular weight excluding hydrogens is 320 g/mol. The Kier molecular flexibility index (Phi) is 4.15. The zero-order valence-corrected chi connectivity index (χ0v) is 15.2. The van der Waals surface area contributed by atoms with Crippen LogP contribution in [0, 0.1) is 11.3 Å². The van der Waals surface area contributed by atoms with Crippen LogP contribution in [0.5, 0.6) is 0 Å². The highest BCUT2D eigenvalue weighted by atomic mass is 16.1. The van der Waals surface area contributed by atoms with Gasteiger partial charge in [-0.25, -0.2) is 0 Å². The van der Waals surface area contributed by atoms with Crippen molar-refractivity contribution in [1.29, 1.82) is 0 Å². The number of hydrogen-bond acceptors (Lipinski definition) is 3. The first-order chi connectivity index (χ1) is 12.5. The number of fused-ring (bicyclic) bond motifs is 2. The van der Waals surface area contributed by atoms with Crippen molar-refractivity contribution in [2.45, 2.75) is 26.3 Å². The van der Waals surface area contributed by atoms with Gasteiger partial charge >= 0.3 is 0 Å². The lowest BCUT2D eigenvalue weighted by Gasteiger charge is -2.34. The summed E-state index contributed by atoms with van der Waals surface area (Å²) in [6, 6.07) is 18.3. The van der Waals surface area contributed by atoms with Crippen molar-refractivity contribution in [3.8, 4) is 0 Å². The minimum Gasteiger partial charge on any atom is -0.376 e. The van der Waals surface area contributed by atoms with Gasteiger partial charge in [0.15, 0.2) is 0 Å². The number of carbonyl (C=O) groups excluding carboxylic acids is 1. The molecule has 0 saturated heterocycles. The highest BCUT2D eigenvalue weighted by Crippen LogP contribution is 2.40. The lowest BCUT2D eigenvalue weighted by atomic mass is 9.73. The molecule has 4 rings (SSSR count). The van der Waals surface area contributed by atoms with Crippen molar-refractivity contribution in [3.63, 3.8) is 0 Å². The molecule has 0 aromatic heterocycles. The van der Waals surface area contributed by atoms with Gasteiger partial charge in [0.2, 0.25) is 0 Å². The fraction of sp³-hybridized carbons (Fsp3) is 0.261. The fourth-order valence-corrected chi connectivity index (χ4v) is 3.88. The molecule has 2 aliphatic rings. The number of anilines is 2. The van der Waals surface area contributed by atoms with Gasteiger partial charge in [-0.1, -0.05) is 74.5 Å². The third kappa shape index (κ3) is 3.30. The summed E-state index contributed by atoms with van der Waals surface area (Å²) in [6.07, 6.45) is 7.01. The maximum Gasteiger partial charge on any atom is 0.145 e. The molecule has 1 aliphatic carbocycles. The molecule has 132 valence electrons. The van der Waals surface area contributed by atoms with Crippen molar-refractivity contribution < 1.29 is 4.79 Å². The van der Waals surface area contributed by atoms with Gasteiger partial charge in [-0.05, 0) is 23.1 Å². The van der Waals surface area contributed by atoms with Crippen molar-refractivity contribution in [2.75, 3.05) is 10.6 Å². The normalized spacial score (nSPS) is 23.9. The van der Waals surface area contributed by atoms with Crippen LogP contribution in [-0.4, -0.2) is 11.8 Å². The molecule has 0 amide bonds. The van der Waals surface area contributed by atoms with Crippen molar-refractivity contribution in [3.05, 3.63) is 78.0 Å². The Bertz CT molecular complexity index is 880. The van der Waals surface area contributed by atoms with Crippen LogP contribution in [0.2, 0.25) is 0 Å². The van der Waals surface area contributed by atoms with Crippen LogP contribution in [0.15, 0.2) is 72.4 Å². The summed E-state index contributed by atoms with van der Waals surface area (Å²) in [6.45, 7) is 4.24. The van der Waals surface area contributed by atoms with E-state index in [0.717, 1.165) is 22.6 Å². The molecule has 2 unspecified atom stereocenters. The van der Waals surface area contributed by atoms with Gasteiger partial charge in [-0.3, -0.25) is 4.79 Å². The van der Waals surface area contributed by atoms with Crippen LogP contribution >= 0.6 is 0 Å². The Morgan fingerprint density at radius 3 is 2.46 bits per heavy atom. The lowest BCUT2D eigenvalue weighted by Crippen LogP contribution is -2.40. The van der Waals surface area contributed by atoms with Crippen LogP contribution in [0.25, 0.3) is 6.08 Å². The molecule has 0 saturated carbocycles. The second-order valence-corrected chi connectivity index (χ2v) is 7.82. The molecule has 2 aromatic carbocycles. The minimum atomic E-state index is -0.199. The van der Waals surface area contributed by atoms with Crippen LogP contribution in [-0.2, 0) is 4.79 Å². The van der Waals surface area contributed by atoms with E-state index >= 15 is 0 Å². The van der Waals surface area contributed by atoms with E-state index in [4.69, 9.17) is 0 Å². The monoisotopic (exact) mass is 344 g/mol. The second-order valence-electron chi connectivity index (χ2n) is 7.82. The van der Waals surface area contributed by atoms with Gasteiger partial charge in [0, 0.05) is 12.1 Å². The van der Waals surface area contributed by atoms with Gasteiger partial charge in [0.05, 0.1) is 23.3 Å². The first-order valence-electron chi connectivity index (χ1n) is 9.13. The minimum absolute atomic E-state index is 0.0822. The summed E-state index contributed by atoms with van der Waals surface area (Å²) in [5.41, 5.74) is 4.06. The Labute approximate surface area is 154 Å². The Morgan fingerprint density at radius 2 is 1.69 bits per heavy atom.